The molecule has 2 heterocycles. The van der Waals surface area contributed by atoms with E-state index in [1.165, 1.54) is 23.1 Å². The lowest BCUT2D eigenvalue weighted by Crippen LogP contribution is -2.27. The Balaban J connectivity index is 1.98. The molecule has 1 aromatic rings. The third-order valence-electron chi connectivity index (χ3n) is 3.31. The molecule has 0 atom stereocenters. The standard InChI is InChI=1S/C13H16N2O4S2/c1-7-8(2)21-11(10(7)12(17)18)14-9(16)3-4-15-5-6-20-13(15)19/h3-6H2,1-2H3,(H,14,16)(H,17,18). The maximum Gasteiger partial charge on any atom is 0.338 e. The van der Waals surface area contributed by atoms with E-state index in [9.17, 15) is 19.5 Å². The lowest BCUT2D eigenvalue weighted by molar-refractivity contribution is -0.116. The SMILES string of the molecule is Cc1sc(NC(=O)CCN2CCSC2=O)c(C(=O)O)c1C. The number of hydrogen-bond acceptors (Lipinski definition) is 5. The van der Waals surface area contributed by atoms with Crippen LogP contribution >= 0.6 is 23.1 Å². The highest BCUT2D eigenvalue weighted by atomic mass is 32.2. The number of thioether (sulfide) groups is 1. The van der Waals surface area contributed by atoms with Crippen LogP contribution in [0.25, 0.3) is 0 Å². The summed E-state index contributed by atoms with van der Waals surface area (Å²) in [6.45, 7) is 4.57. The first kappa shape index (κ1) is 15.8. The van der Waals surface area contributed by atoms with Gasteiger partial charge < -0.3 is 15.3 Å². The molecule has 0 saturated carbocycles. The largest absolute Gasteiger partial charge is 0.478 e. The Morgan fingerprint density at radius 1 is 1.38 bits per heavy atom. The topological polar surface area (TPSA) is 86.7 Å². The van der Waals surface area contributed by atoms with Gasteiger partial charge >= 0.3 is 5.97 Å². The van der Waals surface area contributed by atoms with Crippen LogP contribution in [0.4, 0.5) is 9.80 Å². The van der Waals surface area contributed by atoms with Crippen molar-refractivity contribution >= 4 is 45.2 Å². The number of aromatic carboxylic acids is 1. The zero-order valence-corrected chi connectivity index (χ0v) is 13.4. The number of nitrogens with zero attached hydrogens (tertiary/aromatic N) is 1. The molecule has 114 valence electrons. The Morgan fingerprint density at radius 2 is 2.10 bits per heavy atom. The highest BCUT2D eigenvalue weighted by Gasteiger charge is 2.23. The quantitative estimate of drug-likeness (QED) is 0.867. The van der Waals surface area contributed by atoms with Crippen LogP contribution in [-0.4, -0.2) is 46.0 Å². The first-order chi connectivity index (χ1) is 9.90. The molecule has 2 N–H and O–H groups in total. The van der Waals surface area contributed by atoms with Crippen LogP contribution in [0.15, 0.2) is 0 Å². The fourth-order valence-corrected chi connectivity index (χ4v) is 3.95. The normalized spacial score (nSPS) is 14.6. The van der Waals surface area contributed by atoms with Gasteiger partial charge in [0, 0.05) is 30.1 Å². The van der Waals surface area contributed by atoms with E-state index in [0.29, 0.717) is 23.7 Å². The van der Waals surface area contributed by atoms with Gasteiger partial charge in [0.2, 0.25) is 5.91 Å². The molecule has 21 heavy (non-hydrogen) atoms. The molecular weight excluding hydrogens is 312 g/mol. The van der Waals surface area contributed by atoms with Crippen molar-refractivity contribution < 1.29 is 19.5 Å². The molecule has 0 spiro atoms. The number of carboxylic acids is 1. The molecule has 1 aliphatic heterocycles. The van der Waals surface area contributed by atoms with Crippen LogP contribution in [0.1, 0.15) is 27.2 Å². The average molecular weight is 328 g/mol. The van der Waals surface area contributed by atoms with Gasteiger partial charge in [-0.05, 0) is 19.4 Å². The number of rotatable bonds is 5. The second-order valence-corrected chi connectivity index (χ2v) is 6.96. The fraction of sp³-hybridized carbons (Fsp3) is 0.462. The van der Waals surface area contributed by atoms with E-state index in [1.807, 2.05) is 6.92 Å². The Morgan fingerprint density at radius 3 is 2.67 bits per heavy atom. The third-order valence-corrected chi connectivity index (χ3v) is 5.32. The number of amides is 2. The first-order valence-electron chi connectivity index (χ1n) is 6.45. The molecule has 1 fully saturated rings. The second-order valence-electron chi connectivity index (χ2n) is 4.69. The van der Waals surface area contributed by atoms with Crippen molar-refractivity contribution in [1.29, 1.82) is 0 Å². The molecule has 6 nitrogen and oxygen atoms in total. The first-order valence-corrected chi connectivity index (χ1v) is 8.25. The molecule has 1 saturated heterocycles. The summed E-state index contributed by atoms with van der Waals surface area (Å²) < 4.78 is 0. The molecule has 0 aromatic carbocycles. The number of hydrogen-bond donors (Lipinski definition) is 2. The fourth-order valence-electron chi connectivity index (χ4n) is 2.03. The van der Waals surface area contributed by atoms with Gasteiger partial charge in [0.05, 0.1) is 5.56 Å². The lowest BCUT2D eigenvalue weighted by atomic mass is 10.1. The highest BCUT2D eigenvalue weighted by Crippen LogP contribution is 2.32. The zero-order valence-electron chi connectivity index (χ0n) is 11.8. The number of carbonyl (C=O) groups excluding carboxylic acids is 2. The van der Waals surface area contributed by atoms with E-state index in [1.54, 1.807) is 11.8 Å². The van der Waals surface area contributed by atoms with Gasteiger partial charge in [-0.25, -0.2) is 4.79 Å². The van der Waals surface area contributed by atoms with Gasteiger partial charge in [0.25, 0.3) is 5.24 Å². The molecule has 0 bridgehead atoms. The average Bonchev–Trinajstić information content (AvgIpc) is 2.92. The van der Waals surface area contributed by atoms with Crippen molar-refractivity contribution in [2.24, 2.45) is 0 Å². The predicted molar refractivity (Wildman–Crippen MR) is 83.4 cm³/mol. The van der Waals surface area contributed by atoms with Gasteiger partial charge in [-0.2, -0.15) is 0 Å². The number of aryl methyl sites for hydroxylation is 1. The molecule has 0 radical (unpaired) electrons. The summed E-state index contributed by atoms with van der Waals surface area (Å²) >= 11 is 2.51. The van der Waals surface area contributed by atoms with E-state index in [4.69, 9.17) is 0 Å². The molecule has 1 aromatic heterocycles. The van der Waals surface area contributed by atoms with Crippen molar-refractivity contribution in [2.45, 2.75) is 20.3 Å². The molecule has 2 amide bonds. The van der Waals surface area contributed by atoms with Crippen LogP contribution in [-0.2, 0) is 4.79 Å². The monoisotopic (exact) mass is 328 g/mol. The number of carbonyl (C=O) groups is 3. The summed E-state index contributed by atoms with van der Waals surface area (Å²) in [6, 6.07) is 0. The summed E-state index contributed by atoms with van der Waals surface area (Å²) in [5, 5.41) is 12.2. The van der Waals surface area contributed by atoms with Gasteiger partial charge in [0.15, 0.2) is 0 Å². The second kappa shape index (κ2) is 6.48. The minimum absolute atomic E-state index is 0.00293. The van der Waals surface area contributed by atoms with Crippen molar-refractivity contribution in [1.82, 2.24) is 4.90 Å². The predicted octanol–water partition coefficient (Wildman–Crippen LogP) is 2.56. The van der Waals surface area contributed by atoms with E-state index in [-0.39, 0.29) is 23.1 Å². The summed E-state index contributed by atoms with van der Waals surface area (Å²) in [5.41, 5.74) is 0.826. The maximum atomic E-state index is 11.9. The molecule has 8 heteroatoms. The van der Waals surface area contributed by atoms with Crippen LogP contribution in [0.2, 0.25) is 0 Å². The van der Waals surface area contributed by atoms with E-state index < -0.39 is 5.97 Å². The minimum atomic E-state index is -1.04. The lowest BCUT2D eigenvalue weighted by Gasteiger charge is -2.13. The van der Waals surface area contributed by atoms with Crippen LogP contribution in [0, 0.1) is 13.8 Å². The number of thiophene rings is 1. The Hall–Kier alpha value is -1.54. The van der Waals surface area contributed by atoms with Crippen LogP contribution < -0.4 is 5.32 Å². The van der Waals surface area contributed by atoms with Crippen molar-refractivity contribution in [3.8, 4) is 0 Å². The van der Waals surface area contributed by atoms with E-state index in [0.717, 1.165) is 10.6 Å². The van der Waals surface area contributed by atoms with E-state index >= 15 is 0 Å². The molecule has 0 unspecified atom stereocenters. The Labute approximate surface area is 130 Å². The van der Waals surface area contributed by atoms with Gasteiger partial charge in [-0.1, -0.05) is 11.8 Å². The zero-order chi connectivity index (χ0) is 15.6. The molecule has 1 aliphatic rings. The Kier molecular flexibility index (Phi) is 4.89. The van der Waals surface area contributed by atoms with Gasteiger partial charge in [-0.15, -0.1) is 11.3 Å². The van der Waals surface area contributed by atoms with Gasteiger partial charge in [-0.3, -0.25) is 9.59 Å². The molecular formula is C13H16N2O4S2. The smallest absolute Gasteiger partial charge is 0.338 e. The summed E-state index contributed by atoms with van der Waals surface area (Å²) in [5.74, 6) is -0.561. The van der Waals surface area contributed by atoms with Crippen molar-refractivity contribution in [3.63, 3.8) is 0 Å². The molecule has 2 rings (SSSR count). The van der Waals surface area contributed by atoms with Crippen molar-refractivity contribution in [3.05, 3.63) is 16.0 Å². The van der Waals surface area contributed by atoms with Crippen LogP contribution in [0.5, 0.6) is 0 Å². The molecule has 0 aliphatic carbocycles. The summed E-state index contributed by atoms with van der Waals surface area (Å²) in [4.78, 5) is 37.1. The highest BCUT2D eigenvalue weighted by molar-refractivity contribution is 8.13. The summed E-state index contributed by atoms with van der Waals surface area (Å²) in [7, 11) is 0. The summed E-state index contributed by atoms with van der Waals surface area (Å²) in [6.07, 6.45) is 0.168. The third kappa shape index (κ3) is 3.56. The van der Waals surface area contributed by atoms with Crippen LogP contribution in [0.3, 0.4) is 0 Å². The minimum Gasteiger partial charge on any atom is -0.478 e. The number of anilines is 1. The van der Waals surface area contributed by atoms with Crippen molar-refractivity contribution in [2.75, 3.05) is 24.2 Å². The van der Waals surface area contributed by atoms with Gasteiger partial charge in [0.1, 0.15) is 5.00 Å². The maximum absolute atomic E-state index is 11.9. The number of carboxylic acid groups (broad SMARTS) is 1. The number of nitrogens with one attached hydrogen (secondary N) is 1. The van der Waals surface area contributed by atoms with E-state index in [2.05, 4.69) is 5.32 Å². The Bertz CT molecular complexity index is 597.